The predicted molar refractivity (Wildman–Crippen MR) is 63.0 cm³/mol. The van der Waals surface area contributed by atoms with Gasteiger partial charge in [-0.05, 0) is 25.3 Å². The van der Waals surface area contributed by atoms with Crippen LogP contribution in [0, 0.1) is 0 Å². The molecule has 0 aromatic heterocycles. The third-order valence-corrected chi connectivity index (χ3v) is 3.57. The number of allylic oxidation sites excluding steroid dienone is 3. The molecule has 0 heterocycles. The van der Waals surface area contributed by atoms with Gasteiger partial charge in [-0.15, -0.1) is 0 Å². The molecule has 15 heavy (non-hydrogen) atoms. The van der Waals surface area contributed by atoms with Gasteiger partial charge in [0.05, 0.1) is 5.70 Å². The highest BCUT2D eigenvalue weighted by Gasteiger charge is 2.15. The Bertz CT molecular complexity index is 446. The molecule has 0 unspecified atom stereocenters. The van der Waals surface area contributed by atoms with Crippen molar-refractivity contribution >= 4 is 21.4 Å². The fraction of sp³-hybridized carbons (Fsp3) is 0.400. The molecule has 1 aliphatic carbocycles. The molecule has 0 aliphatic heterocycles. The molecule has 0 radical (unpaired) electrons. The highest BCUT2D eigenvalue weighted by molar-refractivity contribution is 7.94. The fourth-order valence-corrected chi connectivity index (χ4v) is 1.85. The van der Waals surface area contributed by atoms with Gasteiger partial charge in [-0.2, -0.15) is 0 Å². The van der Waals surface area contributed by atoms with Gasteiger partial charge in [0.15, 0.2) is 9.84 Å². The number of halogens is 1. The zero-order valence-electron chi connectivity index (χ0n) is 8.80. The Balaban J connectivity index is 2.92. The van der Waals surface area contributed by atoms with E-state index in [1.165, 1.54) is 0 Å². The van der Waals surface area contributed by atoms with Crippen molar-refractivity contribution in [1.82, 2.24) is 5.32 Å². The average molecular weight is 248 g/mol. The molecule has 0 aromatic carbocycles. The lowest BCUT2D eigenvalue weighted by atomic mass is 10.1. The Hall–Kier alpha value is -0.740. The lowest BCUT2D eigenvalue weighted by Gasteiger charge is -2.18. The first-order valence-electron chi connectivity index (χ1n) is 4.54. The van der Waals surface area contributed by atoms with E-state index in [4.69, 9.17) is 11.6 Å². The van der Waals surface area contributed by atoms with Gasteiger partial charge in [0.1, 0.15) is 5.03 Å². The van der Waals surface area contributed by atoms with Crippen LogP contribution in [0.1, 0.15) is 19.8 Å². The molecule has 0 fully saturated rings. The van der Waals surface area contributed by atoms with Crippen molar-refractivity contribution in [2.75, 3.05) is 6.26 Å². The summed E-state index contributed by atoms with van der Waals surface area (Å²) in [7, 11) is -3.27. The van der Waals surface area contributed by atoms with Crippen LogP contribution in [-0.2, 0) is 9.84 Å². The molecular formula is C10H14ClNO2S. The molecule has 0 saturated carbocycles. The lowest BCUT2D eigenvalue weighted by Crippen LogP contribution is -2.21. The average Bonchev–Trinajstić information content (AvgIpc) is 2.09. The summed E-state index contributed by atoms with van der Waals surface area (Å²) in [5, 5.41) is 3.39. The van der Waals surface area contributed by atoms with Crippen molar-refractivity contribution in [3.05, 3.63) is 34.0 Å². The van der Waals surface area contributed by atoms with Crippen molar-refractivity contribution in [3.63, 3.8) is 0 Å². The maximum Gasteiger partial charge on any atom is 0.190 e. The molecule has 0 bridgehead atoms. The van der Waals surface area contributed by atoms with E-state index >= 15 is 0 Å². The molecule has 1 rings (SSSR count). The minimum absolute atomic E-state index is 0.0229. The van der Waals surface area contributed by atoms with Gasteiger partial charge >= 0.3 is 0 Å². The molecule has 0 amide bonds. The van der Waals surface area contributed by atoms with Gasteiger partial charge in [-0.25, -0.2) is 8.42 Å². The standard InChI is InChI=1S/C10H14ClNO2S/c1-7-5-4-6-9(11)10(7)12-8(2)15(3,13)14/h5,12H,2,4,6H2,1,3H3. The first-order chi connectivity index (χ1) is 6.82. The monoisotopic (exact) mass is 247 g/mol. The van der Waals surface area contributed by atoms with Crippen LogP contribution in [0.15, 0.2) is 34.0 Å². The summed E-state index contributed by atoms with van der Waals surface area (Å²) < 4.78 is 22.3. The molecule has 84 valence electrons. The molecular weight excluding hydrogens is 234 g/mol. The summed E-state index contributed by atoms with van der Waals surface area (Å²) in [6.45, 7) is 5.36. The first-order valence-corrected chi connectivity index (χ1v) is 6.81. The van der Waals surface area contributed by atoms with E-state index in [2.05, 4.69) is 11.9 Å². The zero-order chi connectivity index (χ0) is 11.6. The highest BCUT2D eigenvalue weighted by Crippen LogP contribution is 2.26. The second-order valence-electron chi connectivity index (χ2n) is 3.53. The van der Waals surface area contributed by atoms with Crippen molar-refractivity contribution in [1.29, 1.82) is 0 Å². The Kier molecular flexibility index (Phi) is 3.62. The van der Waals surface area contributed by atoms with Crippen LogP contribution in [0.4, 0.5) is 0 Å². The van der Waals surface area contributed by atoms with E-state index in [1.54, 1.807) is 0 Å². The predicted octanol–water partition coefficient (Wildman–Crippen LogP) is 2.28. The summed E-state index contributed by atoms with van der Waals surface area (Å²) in [6, 6.07) is 0. The minimum atomic E-state index is -3.27. The Morgan fingerprint density at radius 1 is 1.60 bits per heavy atom. The van der Waals surface area contributed by atoms with Gasteiger partial charge < -0.3 is 5.32 Å². The second-order valence-corrected chi connectivity index (χ2v) is 6.02. The van der Waals surface area contributed by atoms with E-state index in [0.717, 1.165) is 24.7 Å². The van der Waals surface area contributed by atoms with Crippen LogP contribution in [0.3, 0.4) is 0 Å². The van der Waals surface area contributed by atoms with Crippen LogP contribution in [0.5, 0.6) is 0 Å². The first kappa shape index (κ1) is 12.3. The van der Waals surface area contributed by atoms with E-state index in [0.29, 0.717) is 10.7 Å². The number of sulfone groups is 1. The van der Waals surface area contributed by atoms with E-state index < -0.39 is 9.84 Å². The molecule has 0 aromatic rings. The van der Waals surface area contributed by atoms with Gasteiger partial charge in [-0.3, -0.25) is 0 Å². The number of nitrogens with one attached hydrogen (secondary N) is 1. The summed E-state index contributed by atoms with van der Waals surface area (Å²) in [4.78, 5) is 0. The third-order valence-electron chi connectivity index (χ3n) is 2.19. The van der Waals surface area contributed by atoms with Crippen molar-refractivity contribution in [2.45, 2.75) is 19.8 Å². The minimum Gasteiger partial charge on any atom is -0.346 e. The van der Waals surface area contributed by atoms with Crippen LogP contribution in [-0.4, -0.2) is 14.7 Å². The van der Waals surface area contributed by atoms with Gasteiger partial charge in [0.25, 0.3) is 0 Å². The molecule has 0 atom stereocenters. The van der Waals surface area contributed by atoms with Crippen LogP contribution in [0.25, 0.3) is 0 Å². The Labute approximate surface area is 95.4 Å². The van der Waals surface area contributed by atoms with E-state index in [9.17, 15) is 8.42 Å². The quantitative estimate of drug-likeness (QED) is 0.832. The molecule has 1 N–H and O–H groups in total. The van der Waals surface area contributed by atoms with Crippen molar-refractivity contribution in [2.24, 2.45) is 0 Å². The number of hydrogen-bond donors (Lipinski definition) is 1. The van der Waals surface area contributed by atoms with Crippen LogP contribution in [0.2, 0.25) is 0 Å². The normalized spacial score (nSPS) is 17.4. The Morgan fingerprint density at radius 2 is 2.20 bits per heavy atom. The number of hydrogen-bond acceptors (Lipinski definition) is 3. The smallest absolute Gasteiger partial charge is 0.190 e. The molecule has 5 heteroatoms. The lowest BCUT2D eigenvalue weighted by molar-refractivity contribution is 0.605. The van der Waals surface area contributed by atoms with Crippen molar-refractivity contribution < 1.29 is 8.42 Å². The van der Waals surface area contributed by atoms with Crippen LogP contribution < -0.4 is 5.32 Å². The zero-order valence-corrected chi connectivity index (χ0v) is 10.4. The van der Waals surface area contributed by atoms with Gasteiger partial charge in [0, 0.05) is 11.3 Å². The van der Waals surface area contributed by atoms with E-state index in [1.807, 2.05) is 13.0 Å². The Morgan fingerprint density at radius 3 is 2.67 bits per heavy atom. The highest BCUT2D eigenvalue weighted by atomic mass is 35.5. The SMILES string of the molecule is C=C(NC1=C(Cl)CCC=C1C)S(C)(=O)=O. The summed E-state index contributed by atoms with van der Waals surface area (Å²) >= 11 is 6.01. The summed E-state index contributed by atoms with van der Waals surface area (Å²) in [6.07, 6.45) is 4.75. The largest absolute Gasteiger partial charge is 0.346 e. The third kappa shape index (κ3) is 3.11. The molecule has 1 aliphatic rings. The maximum atomic E-state index is 11.2. The van der Waals surface area contributed by atoms with Gasteiger partial charge in [-0.1, -0.05) is 24.3 Å². The summed E-state index contributed by atoms with van der Waals surface area (Å²) in [5.41, 5.74) is 1.62. The second kappa shape index (κ2) is 4.41. The molecule has 3 nitrogen and oxygen atoms in total. The molecule has 0 saturated heterocycles. The van der Waals surface area contributed by atoms with Crippen LogP contribution >= 0.6 is 11.6 Å². The topological polar surface area (TPSA) is 46.2 Å². The maximum absolute atomic E-state index is 11.2. The number of rotatable bonds is 3. The fourth-order valence-electron chi connectivity index (χ4n) is 1.25. The molecule has 0 spiro atoms. The summed E-state index contributed by atoms with van der Waals surface area (Å²) in [5.74, 6) is 0. The van der Waals surface area contributed by atoms with Gasteiger partial charge in [0.2, 0.25) is 0 Å². The van der Waals surface area contributed by atoms with E-state index in [-0.39, 0.29) is 5.03 Å². The van der Waals surface area contributed by atoms with Crippen molar-refractivity contribution in [3.8, 4) is 0 Å².